The zero-order valence-corrected chi connectivity index (χ0v) is 13.3. The van der Waals surface area contributed by atoms with Crippen molar-refractivity contribution in [3.05, 3.63) is 34.9 Å². The predicted molar refractivity (Wildman–Crippen MR) is 85.9 cm³/mol. The van der Waals surface area contributed by atoms with Gasteiger partial charge in [-0.05, 0) is 49.4 Å². The molecular weight excluding hydrogens is 254 g/mol. The van der Waals surface area contributed by atoms with Crippen LogP contribution in [-0.2, 0) is 6.42 Å². The van der Waals surface area contributed by atoms with Crippen molar-refractivity contribution < 1.29 is 0 Å². The largest absolute Gasteiger partial charge is 0.316 e. The van der Waals surface area contributed by atoms with Crippen molar-refractivity contribution in [3.63, 3.8) is 0 Å². The number of halogens is 1. The number of nitrogens with one attached hydrogen (secondary N) is 1. The molecule has 1 N–H and O–H groups in total. The molecular formula is C17H28ClN. The molecule has 2 unspecified atom stereocenters. The van der Waals surface area contributed by atoms with Crippen LogP contribution in [0.5, 0.6) is 0 Å². The third-order valence-corrected chi connectivity index (χ3v) is 4.19. The van der Waals surface area contributed by atoms with Crippen molar-refractivity contribution in [2.75, 3.05) is 13.1 Å². The lowest BCUT2D eigenvalue weighted by Gasteiger charge is -2.25. The number of hydrogen-bond acceptors (Lipinski definition) is 1. The molecule has 0 bridgehead atoms. The summed E-state index contributed by atoms with van der Waals surface area (Å²) in [5, 5.41) is 4.48. The molecule has 1 nitrogen and oxygen atoms in total. The van der Waals surface area contributed by atoms with Crippen molar-refractivity contribution in [2.24, 2.45) is 11.8 Å². The molecule has 0 saturated carbocycles. The Morgan fingerprint density at radius 1 is 1.16 bits per heavy atom. The lowest BCUT2D eigenvalue weighted by atomic mass is 9.85. The molecule has 0 fully saturated rings. The minimum Gasteiger partial charge on any atom is -0.316 e. The fraction of sp³-hybridized carbons (Fsp3) is 0.647. The van der Waals surface area contributed by atoms with Crippen LogP contribution >= 0.6 is 11.6 Å². The Kier molecular flexibility index (Phi) is 8.16. The summed E-state index contributed by atoms with van der Waals surface area (Å²) in [6, 6.07) is 8.25. The highest BCUT2D eigenvalue weighted by atomic mass is 35.5. The first-order valence-corrected chi connectivity index (χ1v) is 8.00. The van der Waals surface area contributed by atoms with Crippen LogP contribution in [0.3, 0.4) is 0 Å². The van der Waals surface area contributed by atoms with E-state index in [2.05, 4.69) is 38.2 Å². The first-order chi connectivity index (χ1) is 9.19. The van der Waals surface area contributed by atoms with Gasteiger partial charge in [0.05, 0.1) is 0 Å². The smallest absolute Gasteiger partial charge is 0.0438 e. The third-order valence-electron chi connectivity index (χ3n) is 3.82. The van der Waals surface area contributed by atoms with E-state index >= 15 is 0 Å². The fourth-order valence-corrected chi connectivity index (χ4v) is 2.79. The third kappa shape index (κ3) is 5.97. The van der Waals surface area contributed by atoms with E-state index < -0.39 is 0 Å². The van der Waals surface area contributed by atoms with Gasteiger partial charge < -0.3 is 5.32 Å². The van der Waals surface area contributed by atoms with Gasteiger partial charge in [0.15, 0.2) is 0 Å². The molecule has 0 heterocycles. The van der Waals surface area contributed by atoms with E-state index in [9.17, 15) is 0 Å². The van der Waals surface area contributed by atoms with Gasteiger partial charge in [0.2, 0.25) is 0 Å². The summed E-state index contributed by atoms with van der Waals surface area (Å²) in [5.74, 6) is 1.41. The van der Waals surface area contributed by atoms with Crippen LogP contribution in [0.1, 0.15) is 45.6 Å². The maximum absolute atomic E-state index is 6.29. The SMILES string of the molecule is CCCNCC(Cc1ccccc1Cl)C(C)CCC. The van der Waals surface area contributed by atoms with Gasteiger partial charge in [-0.1, -0.05) is 63.4 Å². The Hall–Kier alpha value is -0.530. The van der Waals surface area contributed by atoms with E-state index in [1.54, 1.807) is 0 Å². The lowest BCUT2D eigenvalue weighted by molar-refractivity contribution is 0.318. The maximum Gasteiger partial charge on any atom is 0.0438 e. The minimum absolute atomic E-state index is 0.673. The van der Waals surface area contributed by atoms with Crippen LogP contribution in [0.25, 0.3) is 0 Å². The summed E-state index contributed by atoms with van der Waals surface area (Å²) in [5.41, 5.74) is 1.29. The quantitative estimate of drug-likeness (QED) is 0.633. The van der Waals surface area contributed by atoms with Crippen LogP contribution in [-0.4, -0.2) is 13.1 Å². The second kappa shape index (κ2) is 9.39. The van der Waals surface area contributed by atoms with Crippen LogP contribution in [0.15, 0.2) is 24.3 Å². The molecule has 0 amide bonds. The van der Waals surface area contributed by atoms with E-state index in [0.717, 1.165) is 30.5 Å². The molecule has 19 heavy (non-hydrogen) atoms. The summed E-state index contributed by atoms with van der Waals surface area (Å²) in [6.45, 7) is 9.06. The second-order valence-corrected chi connectivity index (χ2v) is 5.93. The van der Waals surface area contributed by atoms with Crippen LogP contribution in [0.2, 0.25) is 5.02 Å². The average Bonchev–Trinajstić information content (AvgIpc) is 2.40. The van der Waals surface area contributed by atoms with Crippen LogP contribution in [0.4, 0.5) is 0 Å². The zero-order chi connectivity index (χ0) is 14.1. The van der Waals surface area contributed by atoms with Gasteiger partial charge in [-0.3, -0.25) is 0 Å². The highest BCUT2D eigenvalue weighted by molar-refractivity contribution is 6.31. The minimum atomic E-state index is 0.673. The topological polar surface area (TPSA) is 12.0 Å². The van der Waals surface area contributed by atoms with E-state index in [1.165, 1.54) is 24.8 Å². The van der Waals surface area contributed by atoms with Gasteiger partial charge in [0, 0.05) is 5.02 Å². The number of rotatable bonds is 9. The molecule has 0 aromatic heterocycles. The molecule has 0 aliphatic heterocycles. The van der Waals surface area contributed by atoms with Gasteiger partial charge in [0.25, 0.3) is 0 Å². The first kappa shape index (κ1) is 16.5. The Balaban J connectivity index is 2.64. The lowest BCUT2D eigenvalue weighted by Crippen LogP contribution is -2.29. The van der Waals surface area contributed by atoms with Crippen molar-refractivity contribution in [1.82, 2.24) is 5.32 Å². The summed E-state index contributed by atoms with van der Waals surface area (Å²) >= 11 is 6.29. The molecule has 0 aliphatic rings. The molecule has 0 radical (unpaired) electrons. The normalized spacial score (nSPS) is 14.3. The van der Waals surface area contributed by atoms with Crippen molar-refractivity contribution >= 4 is 11.6 Å². The summed E-state index contributed by atoms with van der Waals surface area (Å²) in [6.07, 6.45) is 4.83. The molecule has 0 saturated heterocycles. The molecule has 1 aromatic rings. The van der Waals surface area contributed by atoms with E-state index in [-0.39, 0.29) is 0 Å². The van der Waals surface area contributed by atoms with E-state index in [4.69, 9.17) is 11.6 Å². The molecule has 2 atom stereocenters. The predicted octanol–water partition coefficient (Wildman–Crippen LogP) is 4.93. The Labute approximate surface area is 123 Å². The van der Waals surface area contributed by atoms with Crippen molar-refractivity contribution in [1.29, 1.82) is 0 Å². The van der Waals surface area contributed by atoms with Crippen molar-refractivity contribution in [2.45, 2.75) is 46.5 Å². The highest BCUT2D eigenvalue weighted by Gasteiger charge is 2.17. The summed E-state index contributed by atoms with van der Waals surface area (Å²) in [4.78, 5) is 0. The standard InChI is InChI=1S/C17H28ClN/c1-4-8-14(3)16(13-19-11-5-2)12-15-9-6-7-10-17(15)18/h6-7,9-10,14,16,19H,4-5,8,11-13H2,1-3H3. The molecule has 1 aromatic carbocycles. The average molecular weight is 282 g/mol. The first-order valence-electron chi connectivity index (χ1n) is 7.63. The molecule has 0 aliphatic carbocycles. The highest BCUT2D eigenvalue weighted by Crippen LogP contribution is 2.25. The molecule has 2 heteroatoms. The maximum atomic E-state index is 6.29. The van der Waals surface area contributed by atoms with Crippen LogP contribution < -0.4 is 5.32 Å². The Bertz CT molecular complexity index is 351. The van der Waals surface area contributed by atoms with Crippen molar-refractivity contribution in [3.8, 4) is 0 Å². The summed E-state index contributed by atoms with van der Waals surface area (Å²) < 4.78 is 0. The van der Waals surface area contributed by atoms with Crippen LogP contribution in [0, 0.1) is 11.8 Å². The van der Waals surface area contributed by atoms with Gasteiger partial charge >= 0.3 is 0 Å². The zero-order valence-electron chi connectivity index (χ0n) is 12.6. The Morgan fingerprint density at radius 2 is 1.89 bits per heavy atom. The van der Waals surface area contributed by atoms with E-state index in [0.29, 0.717) is 5.92 Å². The molecule has 1 rings (SSSR count). The van der Waals surface area contributed by atoms with Gasteiger partial charge in [0.1, 0.15) is 0 Å². The monoisotopic (exact) mass is 281 g/mol. The van der Waals surface area contributed by atoms with Gasteiger partial charge in [-0.25, -0.2) is 0 Å². The van der Waals surface area contributed by atoms with Gasteiger partial charge in [-0.2, -0.15) is 0 Å². The number of hydrogen-bond donors (Lipinski definition) is 1. The number of benzene rings is 1. The van der Waals surface area contributed by atoms with E-state index in [1.807, 2.05) is 12.1 Å². The fourth-order valence-electron chi connectivity index (χ4n) is 2.58. The summed E-state index contributed by atoms with van der Waals surface area (Å²) in [7, 11) is 0. The van der Waals surface area contributed by atoms with Gasteiger partial charge in [-0.15, -0.1) is 0 Å². The molecule has 0 spiro atoms. The second-order valence-electron chi connectivity index (χ2n) is 5.53. The Morgan fingerprint density at radius 3 is 2.53 bits per heavy atom. The molecule has 108 valence electrons.